The van der Waals surface area contributed by atoms with Gasteiger partial charge in [-0.15, -0.1) is 24.8 Å². The first kappa shape index (κ1) is 25.2. The molecular formula is C18H35Cl2N5O3. The molecule has 3 rings (SSSR count). The number of carbonyl (C=O) groups excluding carboxylic acids is 1. The number of urea groups is 1. The van der Waals surface area contributed by atoms with Crippen LogP contribution in [-0.4, -0.2) is 103 Å². The molecule has 3 aliphatic heterocycles. The van der Waals surface area contributed by atoms with Crippen molar-refractivity contribution in [2.45, 2.75) is 44.2 Å². The first-order chi connectivity index (χ1) is 12.6. The van der Waals surface area contributed by atoms with Crippen LogP contribution >= 0.6 is 24.8 Å². The second kappa shape index (κ2) is 12.7. The van der Waals surface area contributed by atoms with Crippen LogP contribution in [0.5, 0.6) is 0 Å². The monoisotopic (exact) mass is 439 g/mol. The van der Waals surface area contributed by atoms with E-state index < -0.39 is 5.97 Å². The summed E-state index contributed by atoms with van der Waals surface area (Å²) >= 11 is 0. The number of aliphatic carboxylic acids is 1. The number of rotatable bonds is 5. The SMILES string of the molecule is Cl.Cl.O=C(O)CCN1CCC(NC(=O)N2CCN(C3CCNCC3)CC2)CC1. The zero-order valence-electron chi connectivity index (χ0n) is 16.5. The lowest BCUT2D eigenvalue weighted by molar-refractivity contribution is -0.137. The highest BCUT2D eigenvalue weighted by atomic mass is 35.5. The van der Waals surface area contributed by atoms with E-state index in [4.69, 9.17) is 5.11 Å². The zero-order valence-corrected chi connectivity index (χ0v) is 18.1. The molecule has 3 aliphatic rings. The maximum atomic E-state index is 12.5. The van der Waals surface area contributed by atoms with Crippen LogP contribution in [0.4, 0.5) is 4.79 Å². The summed E-state index contributed by atoms with van der Waals surface area (Å²) in [6.07, 6.45) is 4.43. The van der Waals surface area contributed by atoms with Crippen LogP contribution in [0.25, 0.3) is 0 Å². The predicted octanol–water partition coefficient (Wildman–Crippen LogP) is 0.848. The molecule has 0 atom stereocenters. The van der Waals surface area contributed by atoms with Crippen LogP contribution in [0.2, 0.25) is 0 Å². The van der Waals surface area contributed by atoms with Crippen LogP contribution in [0, 0.1) is 0 Å². The largest absolute Gasteiger partial charge is 0.481 e. The molecule has 164 valence electrons. The lowest BCUT2D eigenvalue weighted by atomic mass is 10.0. The molecule has 0 aromatic heterocycles. The molecule has 10 heteroatoms. The van der Waals surface area contributed by atoms with Crippen LogP contribution in [-0.2, 0) is 4.79 Å². The molecule has 3 saturated heterocycles. The van der Waals surface area contributed by atoms with Crippen molar-refractivity contribution in [3.05, 3.63) is 0 Å². The number of hydrogen-bond donors (Lipinski definition) is 3. The van der Waals surface area contributed by atoms with Gasteiger partial charge in [0.2, 0.25) is 0 Å². The van der Waals surface area contributed by atoms with Crippen molar-refractivity contribution in [1.82, 2.24) is 25.3 Å². The number of nitrogens with zero attached hydrogens (tertiary/aromatic N) is 3. The van der Waals surface area contributed by atoms with Gasteiger partial charge in [-0.2, -0.15) is 0 Å². The van der Waals surface area contributed by atoms with E-state index in [1.165, 1.54) is 12.8 Å². The van der Waals surface area contributed by atoms with E-state index in [0.717, 1.165) is 65.2 Å². The lowest BCUT2D eigenvalue weighted by Gasteiger charge is -2.41. The summed E-state index contributed by atoms with van der Waals surface area (Å²) in [6.45, 7) is 8.13. The minimum atomic E-state index is -0.746. The van der Waals surface area contributed by atoms with Crippen LogP contribution in [0.3, 0.4) is 0 Å². The average molecular weight is 440 g/mol. The molecule has 3 heterocycles. The van der Waals surface area contributed by atoms with Crippen molar-refractivity contribution in [3.8, 4) is 0 Å². The van der Waals surface area contributed by atoms with Crippen LogP contribution in [0.1, 0.15) is 32.1 Å². The molecule has 3 N–H and O–H groups in total. The van der Waals surface area contributed by atoms with Gasteiger partial charge in [-0.05, 0) is 38.8 Å². The van der Waals surface area contributed by atoms with Gasteiger partial charge >= 0.3 is 12.0 Å². The quantitative estimate of drug-likeness (QED) is 0.588. The molecule has 0 aromatic carbocycles. The van der Waals surface area contributed by atoms with Gasteiger partial charge in [-0.3, -0.25) is 9.69 Å². The number of likely N-dealkylation sites (tertiary alicyclic amines) is 1. The van der Waals surface area contributed by atoms with Gasteiger partial charge in [0, 0.05) is 57.9 Å². The summed E-state index contributed by atoms with van der Waals surface area (Å²) in [7, 11) is 0. The number of carbonyl (C=O) groups is 2. The van der Waals surface area contributed by atoms with Crippen molar-refractivity contribution < 1.29 is 14.7 Å². The Morgan fingerprint density at radius 3 is 2.11 bits per heavy atom. The smallest absolute Gasteiger partial charge is 0.317 e. The minimum Gasteiger partial charge on any atom is -0.481 e. The van der Waals surface area contributed by atoms with E-state index in [-0.39, 0.29) is 43.3 Å². The van der Waals surface area contributed by atoms with Gasteiger partial charge in [0.05, 0.1) is 6.42 Å². The standard InChI is InChI=1S/C18H33N5O3.2ClH/c24-17(25)5-10-21-8-3-15(4-9-21)20-18(26)23-13-11-22(12-14-23)16-1-6-19-7-2-16;;/h15-16,19H,1-14H2,(H,20,26)(H,24,25);2*1H. The Morgan fingerprint density at radius 2 is 1.54 bits per heavy atom. The Labute approximate surface area is 180 Å². The number of nitrogens with one attached hydrogen (secondary N) is 2. The number of carboxylic acid groups (broad SMARTS) is 1. The van der Waals surface area contributed by atoms with Crippen molar-refractivity contribution in [1.29, 1.82) is 0 Å². The van der Waals surface area contributed by atoms with E-state index in [1.54, 1.807) is 0 Å². The maximum absolute atomic E-state index is 12.5. The normalized spacial score (nSPS) is 22.8. The average Bonchev–Trinajstić information content (AvgIpc) is 2.68. The molecule has 8 nitrogen and oxygen atoms in total. The van der Waals surface area contributed by atoms with E-state index >= 15 is 0 Å². The second-order valence-corrected chi connectivity index (χ2v) is 7.71. The fraction of sp³-hybridized carbons (Fsp3) is 0.889. The van der Waals surface area contributed by atoms with Gasteiger partial charge in [0.25, 0.3) is 0 Å². The summed E-state index contributed by atoms with van der Waals surface area (Å²) < 4.78 is 0. The fourth-order valence-electron chi connectivity index (χ4n) is 4.28. The molecule has 0 aliphatic carbocycles. The molecule has 0 aromatic rings. The molecule has 3 fully saturated rings. The Morgan fingerprint density at radius 1 is 0.929 bits per heavy atom. The number of carboxylic acids is 1. The predicted molar refractivity (Wildman–Crippen MR) is 114 cm³/mol. The first-order valence-electron chi connectivity index (χ1n) is 10.1. The fourth-order valence-corrected chi connectivity index (χ4v) is 4.28. The van der Waals surface area contributed by atoms with Crippen molar-refractivity contribution in [2.75, 3.05) is 58.9 Å². The Balaban J connectivity index is 0.00000196. The molecule has 0 radical (unpaired) electrons. The number of piperidine rings is 2. The third-order valence-corrected chi connectivity index (χ3v) is 5.98. The zero-order chi connectivity index (χ0) is 18.4. The Kier molecular flexibility index (Phi) is 11.4. The molecule has 0 unspecified atom stereocenters. The number of hydrogen-bond acceptors (Lipinski definition) is 5. The molecule has 0 saturated carbocycles. The summed E-state index contributed by atoms with van der Waals surface area (Å²) in [5.74, 6) is -0.746. The summed E-state index contributed by atoms with van der Waals surface area (Å²) in [5.41, 5.74) is 0. The van der Waals surface area contributed by atoms with Gasteiger partial charge in [0.15, 0.2) is 0 Å². The second-order valence-electron chi connectivity index (χ2n) is 7.71. The summed E-state index contributed by atoms with van der Waals surface area (Å²) in [5, 5.41) is 15.4. The van der Waals surface area contributed by atoms with Gasteiger partial charge in [-0.25, -0.2) is 4.79 Å². The number of piperazine rings is 1. The third-order valence-electron chi connectivity index (χ3n) is 5.98. The maximum Gasteiger partial charge on any atom is 0.317 e. The van der Waals surface area contributed by atoms with E-state index in [2.05, 4.69) is 20.4 Å². The van der Waals surface area contributed by atoms with E-state index in [9.17, 15) is 9.59 Å². The highest BCUT2D eigenvalue weighted by Crippen LogP contribution is 2.15. The van der Waals surface area contributed by atoms with Crippen molar-refractivity contribution in [2.24, 2.45) is 0 Å². The van der Waals surface area contributed by atoms with Crippen molar-refractivity contribution in [3.63, 3.8) is 0 Å². The van der Waals surface area contributed by atoms with Gasteiger partial charge in [-0.1, -0.05) is 0 Å². The number of halogens is 2. The van der Waals surface area contributed by atoms with Crippen LogP contribution < -0.4 is 10.6 Å². The molecule has 0 bridgehead atoms. The molecule has 2 amide bonds. The molecular weight excluding hydrogens is 405 g/mol. The van der Waals surface area contributed by atoms with E-state index in [0.29, 0.717) is 12.6 Å². The van der Waals surface area contributed by atoms with Crippen molar-refractivity contribution >= 4 is 36.8 Å². The first-order valence-corrected chi connectivity index (χ1v) is 10.1. The highest BCUT2D eigenvalue weighted by molar-refractivity contribution is 5.85. The third kappa shape index (κ3) is 7.55. The van der Waals surface area contributed by atoms with Gasteiger partial charge in [0.1, 0.15) is 0 Å². The summed E-state index contributed by atoms with van der Waals surface area (Å²) in [4.78, 5) is 29.9. The Hall–Kier alpha value is -0.800. The highest BCUT2D eigenvalue weighted by Gasteiger charge is 2.28. The topological polar surface area (TPSA) is 88.1 Å². The Bertz CT molecular complexity index is 478. The lowest BCUT2D eigenvalue weighted by Crippen LogP contribution is -2.57. The number of amides is 2. The van der Waals surface area contributed by atoms with E-state index in [1.807, 2.05) is 4.90 Å². The summed E-state index contributed by atoms with van der Waals surface area (Å²) in [6, 6.07) is 0.960. The van der Waals surface area contributed by atoms with Gasteiger partial charge < -0.3 is 25.5 Å². The molecule has 0 spiro atoms. The molecule has 28 heavy (non-hydrogen) atoms. The minimum absolute atomic E-state index is 0. The van der Waals surface area contributed by atoms with Crippen LogP contribution in [0.15, 0.2) is 0 Å².